The Hall–Kier alpha value is -2.82. The van der Waals surface area contributed by atoms with Crippen LogP contribution >= 0.6 is 0 Å². The lowest BCUT2D eigenvalue weighted by Gasteiger charge is -2.28. The third-order valence-corrected chi connectivity index (χ3v) is 4.40. The molecule has 0 aliphatic rings. The van der Waals surface area contributed by atoms with Gasteiger partial charge >= 0.3 is 0 Å². The quantitative estimate of drug-likeness (QED) is 0.778. The number of rotatable bonds is 8. The highest BCUT2D eigenvalue weighted by Gasteiger charge is 2.26. The number of nitrogens with one attached hydrogen (secondary N) is 1. The van der Waals surface area contributed by atoms with Crippen molar-refractivity contribution in [3.8, 4) is 5.75 Å². The van der Waals surface area contributed by atoms with Crippen molar-refractivity contribution in [2.45, 2.75) is 40.3 Å². The average molecular weight is 368 g/mol. The fourth-order valence-electron chi connectivity index (χ4n) is 2.87. The Morgan fingerprint density at radius 2 is 1.81 bits per heavy atom. The molecule has 1 N–H and O–H groups in total. The zero-order chi connectivity index (χ0) is 19.8. The molecular formula is C22H28N2O3. The van der Waals surface area contributed by atoms with E-state index in [2.05, 4.69) is 5.32 Å². The summed E-state index contributed by atoms with van der Waals surface area (Å²) in [4.78, 5) is 26.7. The van der Waals surface area contributed by atoms with Crippen molar-refractivity contribution >= 4 is 11.8 Å². The second-order valence-electron chi connectivity index (χ2n) is 6.64. The van der Waals surface area contributed by atoms with Gasteiger partial charge in [-0.15, -0.1) is 0 Å². The van der Waals surface area contributed by atoms with Crippen molar-refractivity contribution in [2.24, 2.45) is 0 Å². The highest BCUT2D eigenvalue weighted by molar-refractivity contribution is 5.87. The molecule has 5 nitrogen and oxygen atoms in total. The van der Waals surface area contributed by atoms with Gasteiger partial charge in [0, 0.05) is 13.1 Å². The van der Waals surface area contributed by atoms with Crippen LogP contribution in [0.3, 0.4) is 0 Å². The number of likely N-dealkylation sites (N-methyl/N-ethyl adjacent to an activating group) is 1. The van der Waals surface area contributed by atoms with E-state index in [1.165, 1.54) is 0 Å². The molecule has 2 aromatic carbocycles. The number of aryl methyl sites for hydroxylation is 2. The van der Waals surface area contributed by atoms with Gasteiger partial charge in [0.2, 0.25) is 5.91 Å². The van der Waals surface area contributed by atoms with Gasteiger partial charge in [-0.25, -0.2) is 0 Å². The molecule has 0 saturated carbocycles. The van der Waals surface area contributed by atoms with Gasteiger partial charge in [0.1, 0.15) is 11.8 Å². The molecule has 0 fully saturated rings. The Bertz CT molecular complexity index is 774. The normalized spacial score (nSPS) is 11.6. The van der Waals surface area contributed by atoms with Gasteiger partial charge in [-0.2, -0.15) is 0 Å². The first kappa shape index (κ1) is 20.5. The molecule has 144 valence electrons. The van der Waals surface area contributed by atoms with Crippen molar-refractivity contribution < 1.29 is 14.3 Å². The fourth-order valence-corrected chi connectivity index (χ4v) is 2.87. The molecular weight excluding hydrogens is 340 g/mol. The third-order valence-electron chi connectivity index (χ3n) is 4.40. The molecule has 0 aliphatic heterocycles. The highest BCUT2D eigenvalue weighted by Crippen LogP contribution is 2.19. The lowest BCUT2D eigenvalue weighted by molar-refractivity contribution is -0.142. The fraction of sp³-hybridized carbons (Fsp3) is 0.364. The molecule has 0 aliphatic carbocycles. The van der Waals surface area contributed by atoms with Gasteiger partial charge in [0.25, 0.3) is 5.91 Å². The molecule has 2 amide bonds. The van der Waals surface area contributed by atoms with Gasteiger partial charge < -0.3 is 15.0 Å². The Labute approximate surface area is 161 Å². The molecule has 0 heterocycles. The largest absolute Gasteiger partial charge is 0.483 e. The zero-order valence-corrected chi connectivity index (χ0v) is 16.5. The number of hydrogen-bond donors (Lipinski definition) is 1. The minimum absolute atomic E-state index is 0.111. The number of ether oxygens (including phenoxy) is 1. The first-order chi connectivity index (χ1) is 12.9. The van der Waals surface area contributed by atoms with Gasteiger partial charge in [-0.3, -0.25) is 9.59 Å². The summed E-state index contributed by atoms with van der Waals surface area (Å²) in [6.07, 6.45) is 0. The predicted octanol–water partition coefficient (Wildman–Crippen LogP) is 3.24. The van der Waals surface area contributed by atoms with E-state index in [1.54, 1.807) is 11.8 Å². The van der Waals surface area contributed by atoms with Crippen molar-refractivity contribution in [3.05, 3.63) is 65.2 Å². The number of carbonyl (C=O) groups excluding carboxylic acids is 2. The van der Waals surface area contributed by atoms with E-state index < -0.39 is 6.04 Å². The minimum atomic E-state index is -0.583. The van der Waals surface area contributed by atoms with E-state index in [0.717, 1.165) is 16.7 Å². The van der Waals surface area contributed by atoms with E-state index in [0.29, 0.717) is 18.8 Å². The van der Waals surface area contributed by atoms with Crippen molar-refractivity contribution in [3.63, 3.8) is 0 Å². The van der Waals surface area contributed by atoms with Gasteiger partial charge in [-0.05, 0) is 44.9 Å². The molecule has 2 aromatic rings. The molecule has 5 heteroatoms. The van der Waals surface area contributed by atoms with Crippen molar-refractivity contribution in [1.29, 1.82) is 0 Å². The maximum atomic E-state index is 12.9. The summed E-state index contributed by atoms with van der Waals surface area (Å²) >= 11 is 0. The highest BCUT2D eigenvalue weighted by atomic mass is 16.5. The van der Waals surface area contributed by atoms with Crippen LogP contribution in [-0.2, 0) is 16.1 Å². The van der Waals surface area contributed by atoms with Crippen LogP contribution in [0, 0.1) is 13.8 Å². The lowest BCUT2D eigenvalue weighted by Crippen LogP contribution is -2.49. The Balaban J connectivity index is 2.13. The van der Waals surface area contributed by atoms with Gasteiger partial charge in [0.15, 0.2) is 6.61 Å². The monoisotopic (exact) mass is 368 g/mol. The Morgan fingerprint density at radius 1 is 1.11 bits per heavy atom. The van der Waals surface area contributed by atoms with E-state index in [4.69, 9.17) is 4.74 Å². The standard InChI is InChI=1S/C22H28N2O3/c1-5-23-22(26)18(4)24(14-19-9-7-6-8-10-19)21(25)15-27-20-12-11-16(2)13-17(20)3/h6-13,18H,5,14-15H2,1-4H3,(H,23,26)/t18-/m1/s1. The predicted molar refractivity (Wildman–Crippen MR) is 107 cm³/mol. The number of carbonyl (C=O) groups is 2. The average Bonchev–Trinajstić information content (AvgIpc) is 2.65. The summed E-state index contributed by atoms with van der Waals surface area (Å²) in [5, 5.41) is 2.78. The van der Waals surface area contributed by atoms with Crippen LogP contribution in [0.4, 0.5) is 0 Å². The van der Waals surface area contributed by atoms with Gasteiger partial charge in [0.05, 0.1) is 0 Å². The molecule has 0 aromatic heterocycles. The SMILES string of the molecule is CCNC(=O)[C@@H](C)N(Cc1ccccc1)C(=O)COc1ccc(C)cc1C. The third kappa shape index (κ3) is 5.84. The molecule has 0 bridgehead atoms. The summed E-state index contributed by atoms with van der Waals surface area (Å²) in [5.74, 6) is 0.283. The maximum absolute atomic E-state index is 12.9. The van der Waals surface area contributed by atoms with E-state index in [9.17, 15) is 9.59 Å². The summed E-state index contributed by atoms with van der Waals surface area (Å²) < 4.78 is 5.74. The van der Waals surface area contributed by atoms with Crippen LogP contribution < -0.4 is 10.1 Å². The first-order valence-corrected chi connectivity index (χ1v) is 9.23. The molecule has 1 atom stereocenters. The summed E-state index contributed by atoms with van der Waals surface area (Å²) in [7, 11) is 0. The van der Waals surface area contributed by atoms with Crippen LogP contribution in [0.15, 0.2) is 48.5 Å². The van der Waals surface area contributed by atoms with Crippen LogP contribution in [0.2, 0.25) is 0 Å². The molecule has 0 spiro atoms. The topological polar surface area (TPSA) is 58.6 Å². The Morgan fingerprint density at radius 3 is 2.44 bits per heavy atom. The zero-order valence-electron chi connectivity index (χ0n) is 16.5. The first-order valence-electron chi connectivity index (χ1n) is 9.23. The Kier molecular flexibility index (Phi) is 7.41. The van der Waals surface area contributed by atoms with Crippen LogP contribution in [0.25, 0.3) is 0 Å². The summed E-state index contributed by atoms with van der Waals surface area (Å²) in [6, 6.07) is 14.9. The smallest absolute Gasteiger partial charge is 0.261 e. The number of benzene rings is 2. The van der Waals surface area contributed by atoms with E-state index >= 15 is 0 Å². The van der Waals surface area contributed by atoms with Crippen LogP contribution in [0.5, 0.6) is 5.75 Å². The summed E-state index contributed by atoms with van der Waals surface area (Å²) in [6.45, 7) is 8.33. The van der Waals surface area contributed by atoms with E-state index in [-0.39, 0.29) is 18.4 Å². The molecule has 0 radical (unpaired) electrons. The van der Waals surface area contributed by atoms with Crippen LogP contribution in [0.1, 0.15) is 30.5 Å². The van der Waals surface area contributed by atoms with Crippen molar-refractivity contribution in [1.82, 2.24) is 10.2 Å². The summed E-state index contributed by atoms with van der Waals surface area (Å²) in [5.41, 5.74) is 3.09. The number of nitrogens with zero attached hydrogens (tertiary/aromatic N) is 1. The second kappa shape index (κ2) is 9.76. The van der Waals surface area contributed by atoms with Crippen LogP contribution in [-0.4, -0.2) is 35.9 Å². The maximum Gasteiger partial charge on any atom is 0.261 e. The molecule has 27 heavy (non-hydrogen) atoms. The number of amides is 2. The minimum Gasteiger partial charge on any atom is -0.483 e. The molecule has 2 rings (SSSR count). The van der Waals surface area contributed by atoms with E-state index in [1.807, 2.05) is 69.3 Å². The van der Waals surface area contributed by atoms with Gasteiger partial charge in [-0.1, -0.05) is 48.0 Å². The molecule has 0 unspecified atom stereocenters. The number of hydrogen-bond acceptors (Lipinski definition) is 3. The van der Waals surface area contributed by atoms with Crippen molar-refractivity contribution in [2.75, 3.05) is 13.2 Å². The lowest BCUT2D eigenvalue weighted by atomic mass is 10.1. The molecule has 0 saturated heterocycles. The second-order valence-corrected chi connectivity index (χ2v) is 6.64.